The standard InChI is InChI=1S/C18H24N2O5/c1-13-17(22)20-15(8-5-9-21)12-24-16(20)10-19(13)18(23)25-11-14-6-3-2-4-7-14/h2-4,6-7,13,15-16,21H,5,8-12H2,1H3. The van der Waals surface area contributed by atoms with Crippen molar-refractivity contribution in [3.05, 3.63) is 35.9 Å². The Kier molecular flexibility index (Phi) is 5.55. The van der Waals surface area contributed by atoms with E-state index in [2.05, 4.69) is 0 Å². The SMILES string of the molecule is CC1C(=O)N2C(CCCO)COC2CN1C(=O)OCc1ccccc1. The first-order valence-corrected chi connectivity index (χ1v) is 8.63. The van der Waals surface area contributed by atoms with Crippen LogP contribution in [0.4, 0.5) is 4.79 Å². The summed E-state index contributed by atoms with van der Waals surface area (Å²) in [5, 5.41) is 8.99. The topological polar surface area (TPSA) is 79.3 Å². The van der Waals surface area contributed by atoms with Crippen molar-refractivity contribution in [2.24, 2.45) is 0 Å². The van der Waals surface area contributed by atoms with Gasteiger partial charge in [0, 0.05) is 6.61 Å². The Labute approximate surface area is 147 Å². The van der Waals surface area contributed by atoms with Crippen molar-refractivity contribution in [1.29, 1.82) is 0 Å². The van der Waals surface area contributed by atoms with E-state index in [1.54, 1.807) is 11.8 Å². The van der Waals surface area contributed by atoms with E-state index in [9.17, 15) is 9.59 Å². The number of fused-ring (bicyclic) bond motifs is 1. The van der Waals surface area contributed by atoms with Gasteiger partial charge in [0.2, 0.25) is 5.91 Å². The zero-order chi connectivity index (χ0) is 17.8. The number of rotatable bonds is 5. The van der Waals surface area contributed by atoms with Crippen LogP contribution < -0.4 is 0 Å². The molecule has 1 aromatic rings. The minimum absolute atomic E-state index is 0.0328. The summed E-state index contributed by atoms with van der Waals surface area (Å²) in [7, 11) is 0. The van der Waals surface area contributed by atoms with Crippen molar-refractivity contribution in [2.75, 3.05) is 19.8 Å². The van der Waals surface area contributed by atoms with E-state index >= 15 is 0 Å². The summed E-state index contributed by atoms with van der Waals surface area (Å²) < 4.78 is 11.1. The molecule has 2 saturated heterocycles. The van der Waals surface area contributed by atoms with Gasteiger partial charge in [-0.3, -0.25) is 9.69 Å². The lowest BCUT2D eigenvalue weighted by atomic mass is 10.1. The van der Waals surface area contributed by atoms with Crippen LogP contribution in [0.25, 0.3) is 0 Å². The first-order chi connectivity index (χ1) is 12.1. The zero-order valence-corrected chi connectivity index (χ0v) is 14.3. The predicted octanol–water partition coefficient (Wildman–Crippen LogP) is 1.35. The summed E-state index contributed by atoms with van der Waals surface area (Å²) in [6, 6.07) is 8.81. The average Bonchev–Trinajstić information content (AvgIpc) is 3.04. The minimum atomic E-state index is -0.585. The molecule has 2 aliphatic heterocycles. The van der Waals surface area contributed by atoms with E-state index < -0.39 is 18.4 Å². The van der Waals surface area contributed by atoms with Crippen LogP contribution in [0.5, 0.6) is 0 Å². The van der Waals surface area contributed by atoms with E-state index in [1.165, 1.54) is 4.90 Å². The predicted molar refractivity (Wildman–Crippen MR) is 89.5 cm³/mol. The van der Waals surface area contributed by atoms with Gasteiger partial charge in [-0.25, -0.2) is 4.79 Å². The monoisotopic (exact) mass is 348 g/mol. The lowest BCUT2D eigenvalue weighted by molar-refractivity contribution is -0.151. The van der Waals surface area contributed by atoms with Crippen molar-refractivity contribution in [2.45, 2.75) is 44.7 Å². The van der Waals surface area contributed by atoms with Crippen LogP contribution in [0.15, 0.2) is 30.3 Å². The molecule has 0 aromatic heterocycles. The number of nitrogens with zero attached hydrogens (tertiary/aromatic N) is 2. The van der Waals surface area contributed by atoms with Gasteiger partial charge in [-0.2, -0.15) is 0 Å². The molecule has 0 spiro atoms. The molecule has 7 nitrogen and oxygen atoms in total. The van der Waals surface area contributed by atoms with Crippen LogP contribution >= 0.6 is 0 Å². The van der Waals surface area contributed by atoms with Crippen LogP contribution in [-0.4, -0.2) is 65.0 Å². The van der Waals surface area contributed by atoms with Gasteiger partial charge >= 0.3 is 6.09 Å². The van der Waals surface area contributed by atoms with Crippen LogP contribution in [0.1, 0.15) is 25.3 Å². The lowest BCUT2D eigenvalue weighted by Gasteiger charge is -2.41. The number of aliphatic hydroxyl groups excluding tert-OH is 1. The lowest BCUT2D eigenvalue weighted by Crippen LogP contribution is -2.62. The van der Waals surface area contributed by atoms with Crippen LogP contribution in [-0.2, 0) is 20.9 Å². The average molecular weight is 348 g/mol. The van der Waals surface area contributed by atoms with Crippen molar-refractivity contribution in [3.63, 3.8) is 0 Å². The smallest absolute Gasteiger partial charge is 0.410 e. The van der Waals surface area contributed by atoms with Gasteiger partial charge in [0.25, 0.3) is 0 Å². The molecular weight excluding hydrogens is 324 g/mol. The number of ether oxygens (including phenoxy) is 2. The number of carbonyl (C=O) groups is 2. The highest BCUT2D eigenvalue weighted by molar-refractivity contribution is 5.87. The van der Waals surface area contributed by atoms with E-state index in [-0.39, 0.29) is 25.2 Å². The third-order valence-corrected chi connectivity index (χ3v) is 4.75. The van der Waals surface area contributed by atoms with Crippen LogP contribution in [0.2, 0.25) is 0 Å². The molecule has 2 fully saturated rings. The fourth-order valence-corrected chi connectivity index (χ4v) is 3.34. The van der Waals surface area contributed by atoms with Gasteiger partial charge in [0.1, 0.15) is 12.6 Å². The summed E-state index contributed by atoms with van der Waals surface area (Å²) in [5.41, 5.74) is 0.898. The molecule has 2 amide bonds. The molecule has 0 saturated carbocycles. The van der Waals surface area contributed by atoms with Gasteiger partial charge in [0.05, 0.1) is 19.2 Å². The molecule has 136 valence electrons. The third kappa shape index (κ3) is 3.77. The molecule has 25 heavy (non-hydrogen) atoms. The minimum Gasteiger partial charge on any atom is -0.445 e. The van der Waals surface area contributed by atoms with Crippen LogP contribution in [0.3, 0.4) is 0 Å². The molecule has 7 heteroatoms. The van der Waals surface area contributed by atoms with Gasteiger partial charge in [-0.1, -0.05) is 30.3 Å². The Hall–Kier alpha value is -2.12. The molecule has 3 atom stereocenters. The maximum Gasteiger partial charge on any atom is 0.410 e. The maximum atomic E-state index is 12.7. The summed E-state index contributed by atoms with van der Waals surface area (Å²) in [5.74, 6) is -0.131. The molecule has 0 aliphatic carbocycles. The maximum absolute atomic E-state index is 12.7. The molecule has 3 rings (SSSR count). The molecular formula is C18H24N2O5. The zero-order valence-electron chi connectivity index (χ0n) is 14.3. The number of benzene rings is 1. The highest BCUT2D eigenvalue weighted by Gasteiger charge is 2.47. The summed E-state index contributed by atoms with van der Waals surface area (Å²) in [4.78, 5) is 28.3. The van der Waals surface area contributed by atoms with Gasteiger partial charge in [-0.05, 0) is 25.3 Å². The van der Waals surface area contributed by atoms with E-state index in [4.69, 9.17) is 14.6 Å². The third-order valence-electron chi connectivity index (χ3n) is 4.75. The highest BCUT2D eigenvalue weighted by Crippen LogP contribution is 2.28. The van der Waals surface area contributed by atoms with Gasteiger partial charge in [-0.15, -0.1) is 0 Å². The Morgan fingerprint density at radius 2 is 2.12 bits per heavy atom. The second-order valence-corrected chi connectivity index (χ2v) is 6.42. The Bertz CT molecular complexity index is 609. The normalized spacial score (nSPS) is 25.8. The van der Waals surface area contributed by atoms with E-state index in [0.29, 0.717) is 26.0 Å². The molecule has 1 N–H and O–H groups in total. The quantitative estimate of drug-likeness (QED) is 0.869. The van der Waals surface area contributed by atoms with Crippen molar-refractivity contribution in [1.82, 2.24) is 9.80 Å². The van der Waals surface area contributed by atoms with E-state index in [1.807, 2.05) is 30.3 Å². The number of carbonyl (C=O) groups excluding carboxylic acids is 2. The van der Waals surface area contributed by atoms with Gasteiger partial charge in [0.15, 0.2) is 6.23 Å². The number of piperazine rings is 1. The fraction of sp³-hybridized carbons (Fsp3) is 0.556. The largest absolute Gasteiger partial charge is 0.445 e. The summed E-state index contributed by atoms with van der Waals surface area (Å²) in [6.07, 6.45) is 0.384. The fourth-order valence-electron chi connectivity index (χ4n) is 3.34. The molecule has 2 aliphatic rings. The second-order valence-electron chi connectivity index (χ2n) is 6.42. The molecule has 1 aromatic carbocycles. The molecule has 0 bridgehead atoms. The van der Waals surface area contributed by atoms with Gasteiger partial charge < -0.3 is 19.5 Å². The van der Waals surface area contributed by atoms with Crippen molar-refractivity contribution in [3.8, 4) is 0 Å². The van der Waals surface area contributed by atoms with Crippen molar-refractivity contribution < 1.29 is 24.2 Å². The Balaban J connectivity index is 1.61. The number of aliphatic hydroxyl groups is 1. The first kappa shape index (κ1) is 17.7. The molecule has 0 radical (unpaired) electrons. The first-order valence-electron chi connectivity index (χ1n) is 8.63. The molecule has 3 unspecified atom stereocenters. The highest BCUT2D eigenvalue weighted by atomic mass is 16.6. The second kappa shape index (κ2) is 7.84. The number of hydrogen-bond acceptors (Lipinski definition) is 5. The Morgan fingerprint density at radius 3 is 2.84 bits per heavy atom. The number of amides is 2. The summed E-state index contributed by atoms with van der Waals surface area (Å²) >= 11 is 0. The Morgan fingerprint density at radius 1 is 1.36 bits per heavy atom. The molecule has 2 heterocycles. The van der Waals surface area contributed by atoms with Crippen molar-refractivity contribution >= 4 is 12.0 Å². The summed E-state index contributed by atoms with van der Waals surface area (Å²) in [6.45, 7) is 2.72. The van der Waals surface area contributed by atoms with Crippen LogP contribution in [0, 0.1) is 0 Å². The number of hydrogen-bond donors (Lipinski definition) is 1. The van der Waals surface area contributed by atoms with E-state index in [0.717, 1.165) is 5.56 Å².